The Bertz CT molecular complexity index is 2340. The van der Waals surface area contributed by atoms with Crippen LogP contribution in [0, 0.1) is 27.7 Å². The molecule has 0 atom stereocenters. The van der Waals surface area contributed by atoms with Crippen LogP contribution in [0.2, 0.25) is 0 Å². The molecule has 5 heteroatoms. The Morgan fingerprint density at radius 3 is 2.31 bits per heavy atom. The van der Waals surface area contributed by atoms with Gasteiger partial charge in [0.2, 0.25) is 5.71 Å². The van der Waals surface area contributed by atoms with Gasteiger partial charge < -0.3 is 4.42 Å². The Hall–Kier alpha value is -5.29. The molecule has 0 spiro atoms. The van der Waals surface area contributed by atoms with Crippen molar-refractivity contribution >= 4 is 44.0 Å². The fourth-order valence-corrected chi connectivity index (χ4v) is 6.12. The minimum Gasteiger partial charge on any atom is -0.437 e. The summed E-state index contributed by atoms with van der Waals surface area (Å²) in [5, 5.41) is 3.18. The predicted octanol–water partition coefficient (Wildman–Crippen LogP) is 9.44. The van der Waals surface area contributed by atoms with Gasteiger partial charge >= 0.3 is 0 Å². The standard InChI is InChI=1S/C37H28N4O/c1-21-14-18-28(35-32(21)29-20-22(2)24(4)39-37(29)42-35)36-40-30-19-17-26-16-15-23(3)38-33(26)34(30)41(36)31-13-9-8-12-27(31)25-10-6-5-7-11-25/h5-20H,1-4H3. The molecule has 0 radical (unpaired) electrons. The summed E-state index contributed by atoms with van der Waals surface area (Å²) < 4.78 is 8.85. The number of imidazole rings is 1. The lowest BCUT2D eigenvalue weighted by Gasteiger charge is -2.16. The lowest BCUT2D eigenvalue weighted by Crippen LogP contribution is -2.01. The average Bonchev–Trinajstić information content (AvgIpc) is 3.57. The fourth-order valence-electron chi connectivity index (χ4n) is 6.12. The molecule has 42 heavy (non-hydrogen) atoms. The highest BCUT2D eigenvalue weighted by atomic mass is 16.3. The highest BCUT2D eigenvalue weighted by Gasteiger charge is 2.24. The van der Waals surface area contributed by atoms with Crippen LogP contribution >= 0.6 is 0 Å². The zero-order valence-electron chi connectivity index (χ0n) is 23.9. The smallest absolute Gasteiger partial charge is 0.227 e. The van der Waals surface area contributed by atoms with Crippen LogP contribution in [0.25, 0.3) is 72.2 Å². The summed E-state index contributed by atoms with van der Waals surface area (Å²) >= 11 is 0. The van der Waals surface area contributed by atoms with Gasteiger partial charge in [0.05, 0.1) is 27.8 Å². The van der Waals surface area contributed by atoms with Crippen molar-refractivity contribution in [1.29, 1.82) is 0 Å². The van der Waals surface area contributed by atoms with Crippen molar-refractivity contribution in [3.05, 3.63) is 120 Å². The molecule has 0 fully saturated rings. The number of nitrogens with zero attached hydrogens (tertiary/aromatic N) is 4. The molecule has 0 aliphatic heterocycles. The molecule has 4 aromatic carbocycles. The SMILES string of the molecule is Cc1ccc2ccc3nc(-c4ccc(C)c5c4oc4nc(C)c(C)cc45)n(-c4ccccc4-c4ccccc4)c3c2n1. The summed E-state index contributed by atoms with van der Waals surface area (Å²) in [6, 6.07) is 33.9. The van der Waals surface area contributed by atoms with Crippen LogP contribution in [-0.2, 0) is 0 Å². The molecule has 0 saturated carbocycles. The molecule has 4 aromatic heterocycles. The first-order valence-electron chi connectivity index (χ1n) is 14.2. The second-order valence-electron chi connectivity index (χ2n) is 11.1. The quantitative estimate of drug-likeness (QED) is 0.222. The summed E-state index contributed by atoms with van der Waals surface area (Å²) in [5.41, 5.74) is 12.7. The van der Waals surface area contributed by atoms with Crippen LogP contribution in [0.5, 0.6) is 0 Å². The number of pyridine rings is 2. The second kappa shape index (κ2) is 9.11. The van der Waals surface area contributed by atoms with Gasteiger partial charge in [-0.2, -0.15) is 0 Å². The van der Waals surface area contributed by atoms with Crippen molar-refractivity contribution in [1.82, 2.24) is 19.5 Å². The number of rotatable bonds is 3. The van der Waals surface area contributed by atoms with Crippen molar-refractivity contribution in [3.8, 4) is 28.2 Å². The topological polar surface area (TPSA) is 56.7 Å². The maximum absolute atomic E-state index is 6.58. The molecule has 0 amide bonds. The van der Waals surface area contributed by atoms with E-state index in [-0.39, 0.29) is 0 Å². The van der Waals surface area contributed by atoms with Crippen molar-refractivity contribution < 1.29 is 4.42 Å². The van der Waals surface area contributed by atoms with Crippen LogP contribution < -0.4 is 0 Å². The third-order valence-electron chi connectivity index (χ3n) is 8.35. The van der Waals surface area contributed by atoms with E-state index in [4.69, 9.17) is 19.4 Å². The number of hydrogen-bond donors (Lipinski definition) is 0. The molecular weight excluding hydrogens is 516 g/mol. The normalized spacial score (nSPS) is 11.8. The van der Waals surface area contributed by atoms with Gasteiger partial charge in [0, 0.05) is 33.1 Å². The zero-order chi connectivity index (χ0) is 28.5. The van der Waals surface area contributed by atoms with E-state index in [0.29, 0.717) is 5.71 Å². The molecule has 0 aliphatic rings. The van der Waals surface area contributed by atoms with Gasteiger partial charge in [0.25, 0.3) is 0 Å². The Labute approximate surface area is 243 Å². The number of benzene rings is 4. The first kappa shape index (κ1) is 24.5. The number of furan rings is 1. The molecule has 8 rings (SSSR count). The lowest BCUT2D eigenvalue weighted by molar-refractivity contribution is 0.652. The first-order chi connectivity index (χ1) is 20.5. The van der Waals surface area contributed by atoms with E-state index >= 15 is 0 Å². The van der Waals surface area contributed by atoms with Crippen LogP contribution in [0.15, 0.2) is 101 Å². The molecule has 8 aromatic rings. The Morgan fingerprint density at radius 1 is 0.667 bits per heavy atom. The molecular formula is C37H28N4O. The molecule has 202 valence electrons. The number of aryl methyl sites for hydroxylation is 4. The van der Waals surface area contributed by atoms with E-state index in [9.17, 15) is 0 Å². The highest BCUT2D eigenvalue weighted by Crippen LogP contribution is 2.41. The Morgan fingerprint density at radius 2 is 1.45 bits per heavy atom. The van der Waals surface area contributed by atoms with Crippen LogP contribution in [0.3, 0.4) is 0 Å². The van der Waals surface area contributed by atoms with E-state index in [2.05, 4.69) is 109 Å². The maximum atomic E-state index is 6.58. The lowest BCUT2D eigenvalue weighted by atomic mass is 10.0. The summed E-state index contributed by atoms with van der Waals surface area (Å²) in [5.74, 6) is 0.807. The van der Waals surface area contributed by atoms with Crippen molar-refractivity contribution in [2.75, 3.05) is 0 Å². The van der Waals surface area contributed by atoms with Crippen LogP contribution in [0.4, 0.5) is 0 Å². The third kappa shape index (κ3) is 3.60. The van der Waals surface area contributed by atoms with E-state index in [1.54, 1.807) is 0 Å². The van der Waals surface area contributed by atoms with Crippen LogP contribution in [0.1, 0.15) is 22.5 Å². The minimum absolute atomic E-state index is 0.652. The molecule has 5 nitrogen and oxygen atoms in total. The van der Waals surface area contributed by atoms with Gasteiger partial charge in [-0.15, -0.1) is 0 Å². The Kier molecular flexibility index (Phi) is 5.32. The van der Waals surface area contributed by atoms with Crippen molar-refractivity contribution in [2.24, 2.45) is 0 Å². The largest absolute Gasteiger partial charge is 0.437 e. The molecule has 0 aliphatic carbocycles. The van der Waals surface area contributed by atoms with E-state index in [1.807, 2.05) is 19.9 Å². The fraction of sp³-hybridized carbons (Fsp3) is 0.108. The van der Waals surface area contributed by atoms with Crippen molar-refractivity contribution in [2.45, 2.75) is 27.7 Å². The van der Waals surface area contributed by atoms with Gasteiger partial charge in [0.1, 0.15) is 11.4 Å². The molecule has 0 N–H and O–H groups in total. The van der Waals surface area contributed by atoms with Gasteiger partial charge in [-0.05, 0) is 74.7 Å². The third-order valence-corrected chi connectivity index (χ3v) is 8.35. The number of para-hydroxylation sites is 1. The summed E-state index contributed by atoms with van der Waals surface area (Å²) in [7, 11) is 0. The monoisotopic (exact) mass is 544 g/mol. The van der Waals surface area contributed by atoms with Gasteiger partial charge in [0.15, 0.2) is 0 Å². The van der Waals surface area contributed by atoms with Gasteiger partial charge in [-0.1, -0.05) is 66.7 Å². The molecule has 0 saturated heterocycles. The summed E-state index contributed by atoms with van der Waals surface area (Å²) in [6.45, 7) is 8.28. The highest BCUT2D eigenvalue weighted by molar-refractivity contribution is 6.11. The van der Waals surface area contributed by atoms with E-state index in [1.165, 1.54) is 0 Å². The summed E-state index contributed by atoms with van der Waals surface area (Å²) in [4.78, 5) is 15.1. The maximum Gasteiger partial charge on any atom is 0.227 e. The summed E-state index contributed by atoms with van der Waals surface area (Å²) in [6.07, 6.45) is 0. The first-order valence-corrected chi connectivity index (χ1v) is 14.2. The zero-order valence-corrected chi connectivity index (χ0v) is 23.9. The van der Waals surface area contributed by atoms with Gasteiger partial charge in [-0.25, -0.2) is 9.97 Å². The number of aromatic nitrogens is 4. The van der Waals surface area contributed by atoms with Crippen molar-refractivity contribution in [3.63, 3.8) is 0 Å². The second-order valence-corrected chi connectivity index (χ2v) is 11.1. The molecule has 0 unspecified atom stereocenters. The average molecular weight is 545 g/mol. The van der Waals surface area contributed by atoms with E-state index in [0.717, 1.165) is 89.0 Å². The molecule has 0 bridgehead atoms. The number of fused-ring (bicyclic) bond motifs is 6. The predicted molar refractivity (Wildman–Crippen MR) is 171 cm³/mol. The van der Waals surface area contributed by atoms with Gasteiger partial charge in [-0.3, -0.25) is 9.55 Å². The van der Waals surface area contributed by atoms with Crippen LogP contribution in [-0.4, -0.2) is 19.5 Å². The number of hydrogen-bond acceptors (Lipinski definition) is 4. The molecule has 4 heterocycles. The minimum atomic E-state index is 0.652. The Balaban J connectivity index is 1.55. The van der Waals surface area contributed by atoms with E-state index < -0.39 is 0 Å².